The third-order valence-corrected chi connectivity index (χ3v) is 4.18. The number of rotatable bonds is 3. The molecule has 0 bridgehead atoms. The average Bonchev–Trinajstić information content (AvgIpc) is 2.52. The summed E-state index contributed by atoms with van der Waals surface area (Å²) in [5.41, 5.74) is 1.14. The summed E-state index contributed by atoms with van der Waals surface area (Å²) in [5.74, 6) is 0.0263. The zero-order valence-corrected chi connectivity index (χ0v) is 15.1. The first-order valence-electron chi connectivity index (χ1n) is 7.93. The van der Waals surface area contributed by atoms with E-state index < -0.39 is 5.60 Å². The van der Waals surface area contributed by atoms with Crippen LogP contribution in [0.15, 0.2) is 42.5 Å². The number of hydrogen-bond donors (Lipinski definition) is 1. The summed E-state index contributed by atoms with van der Waals surface area (Å²) in [5, 5.41) is 3.30. The molecule has 0 fully saturated rings. The van der Waals surface area contributed by atoms with Crippen LogP contribution in [0.5, 0.6) is 5.75 Å². The Morgan fingerprint density at radius 2 is 2.00 bits per heavy atom. The Morgan fingerprint density at radius 1 is 1.24 bits per heavy atom. The number of amides is 2. The molecule has 0 atom stereocenters. The van der Waals surface area contributed by atoms with E-state index in [1.165, 1.54) is 4.90 Å². The van der Waals surface area contributed by atoms with Gasteiger partial charge in [-0.05, 0) is 56.7 Å². The van der Waals surface area contributed by atoms with Crippen LogP contribution >= 0.6 is 11.6 Å². The van der Waals surface area contributed by atoms with Crippen LogP contribution in [0.3, 0.4) is 0 Å². The highest BCUT2D eigenvalue weighted by molar-refractivity contribution is 6.30. The fourth-order valence-electron chi connectivity index (χ4n) is 2.74. The zero-order valence-electron chi connectivity index (χ0n) is 14.3. The van der Waals surface area contributed by atoms with Gasteiger partial charge in [0.05, 0.1) is 5.69 Å². The van der Waals surface area contributed by atoms with Gasteiger partial charge in [0.15, 0.2) is 5.60 Å². The number of carbonyl (C=O) groups is 2. The predicted octanol–water partition coefficient (Wildman–Crippen LogP) is 3.79. The van der Waals surface area contributed by atoms with Crippen molar-refractivity contribution in [2.45, 2.75) is 26.4 Å². The highest BCUT2D eigenvalue weighted by Crippen LogP contribution is 2.38. The number of anilines is 2. The summed E-state index contributed by atoms with van der Waals surface area (Å²) in [4.78, 5) is 26.7. The Balaban J connectivity index is 1.86. The van der Waals surface area contributed by atoms with Crippen LogP contribution in [0.1, 0.15) is 19.4 Å². The molecule has 1 aliphatic heterocycles. The summed E-state index contributed by atoms with van der Waals surface area (Å²) < 4.78 is 5.79. The molecule has 1 N–H and O–H groups in total. The molecule has 130 valence electrons. The van der Waals surface area contributed by atoms with Crippen molar-refractivity contribution in [1.29, 1.82) is 0 Å². The van der Waals surface area contributed by atoms with Gasteiger partial charge in [-0.25, -0.2) is 0 Å². The van der Waals surface area contributed by atoms with Gasteiger partial charge in [-0.1, -0.05) is 23.7 Å². The molecule has 1 heterocycles. The van der Waals surface area contributed by atoms with Gasteiger partial charge in [0.25, 0.3) is 5.91 Å². The first-order valence-corrected chi connectivity index (χ1v) is 8.31. The van der Waals surface area contributed by atoms with Crippen LogP contribution in [0.25, 0.3) is 0 Å². The van der Waals surface area contributed by atoms with Gasteiger partial charge in [0.1, 0.15) is 12.3 Å². The molecule has 2 amide bonds. The molecule has 0 radical (unpaired) electrons. The SMILES string of the molecule is Cc1ccc2c(c1)N(CC(=O)Nc1cccc(Cl)c1)C(=O)C(C)(C)O2. The quantitative estimate of drug-likeness (QED) is 0.908. The summed E-state index contributed by atoms with van der Waals surface area (Å²) >= 11 is 5.93. The number of hydrogen-bond acceptors (Lipinski definition) is 3. The lowest BCUT2D eigenvalue weighted by atomic mass is 10.0. The van der Waals surface area contributed by atoms with Gasteiger partial charge < -0.3 is 10.1 Å². The van der Waals surface area contributed by atoms with Crippen molar-refractivity contribution < 1.29 is 14.3 Å². The molecule has 0 saturated heterocycles. The predicted molar refractivity (Wildman–Crippen MR) is 98.3 cm³/mol. The summed E-state index contributed by atoms with van der Waals surface area (Å²) in [6, 6.07) is 12.4. The number of ether oxygens (including phenoxy) is 1. The van der Waals surface area contributed by atoms with Gasteiger partial charge in [-0.3, -0.25) is 14.5 Å². The van der Waals surface area contributed by atoms with Gasteiger partial charge >= 0.3 is 0 Å². The molecule has 0 saturated carbocycles. The van der Waals surface area contributed by atoms with E-state index >= 15 is 0 Å². The van der Waals surface area contributed by atoms with E-state index in [1.807, 2.05) is 25.1 Å². The van der Waals surface area contributed by atoms with E-state index in [1.54, 1.807) is 38.1 Å². The van der Waals surface area contributed by atoms with Crippen molar-refractivity contribution >= 4 is 34.8 Å². The van der Waals surface area contributed by atoms with Crippen molar-refractivity contribution in [3.63, 3.8) is 0 Å². The molecule has 0 spiro atoms. The highest BCUT2D eigenvalue weighted by Gasteiger charge is 2.41. The summed E-state index contributed by atoms with van der Waals surface area (Å²) in [7, 11) is 0. The van der Waals surface area contributed by atoms with E-state index in [2.05, 4.69) is 5.32 Å². The third-order valence-electron chi connectivity index (χ3n) is 3.94. The Labute approximate surface area is 151 Å². The molecule has 2 aromatic rings. The Hall–Kier alpha value is -2.53. The molecule has 0 unspecified atom stereocenters. The van der Waals surface area contributed by atoms with E-state index in [9.17, 15) is 9.59 Å². The second-order valence-electron chi connectivity index (χ2n) is 6.53. The third kappa shape index (κ3) is 3.61. The summed E-state index contributed by atoms with van der Waals surface area (Å²) in [6.07, 6.45) is 0. The number of nitrogens with zero attached hydrogens (tertiary/aromatic N) is 1. The molecule has 2 aromatic carbocycles. The fourth-order valence-corrected chi connectivity index (χ4v) is 2.94. The normalized spacial score (nSPS) is 15.4. The van der Waals surface area contributed by atoms with E-state index in [0.717, 1.165) is 5.56 Å². The number of aryl methyl sites for hydroxylation is 1. The van der Waals surface area contributed by atoms with Crippen molar-refractivity contribution in [3.8, 4) is 5.75 Å². The lowest BCUT2D eigenvalue weighted by Gasteiger charge is -2.38. The number of halogens is 1. The fraction of sp³-hybridized carbons (Fsp3) is 0.263. The van der Waals surface area contributed by atoms with Crippen LogP contribution in [-0.4, -0.2) is 24.0 Å². The smallest absolute Gasteiger partial charge is 0.271 e. The number of benzene rings is 2. The van der Waals surface area contributed by atoms with Crippen LogP contribution in [0.4, 0.5) is 11.4 Å². The zero-order chi connectivity index (χ0) is 18.2. The van der Waals surface area contributed by atoms with Crippen molar-refractivity contribution in [2.75, 3.05) is 16.8 Å². The van der Waals surface area contributed by atoms with Crippen LogP contribution in [0, 0.1) is 6.92 Å². The molecule has 5 nitrogen and oxygen atoms in total. The average molecular weight is 359 g/mol. The van der Waals surface area contributed by atoms with Gasteiger partial charge in [0, 0.05) is 10.7 Å². The van der Waals surface area contributed by atoms with Crippen LogP contribution in [0.2, 0.25) is 5.02 Å². The molecule has 0 aromatic heterocycles. The van der Waals surface area contributed by atoms with E-state index in [0.29, 0.717) is 22.1 Å². The van der Waals surface area contributed by atoms with Gasteiger partial charge in [0.2, 0.25) is 5.91 Å². The summed E-state index contributed by atoms with van der Waals surface area (Å²) in [6.45, 7) is 5.21. The largest absolute Gasteiger partial charge is 0.476 e. The first-order chi connectivity index (χ1) is 11.8. The molecule has 0 aliphatic carbocycles. The molecular weight excluding hydrogens is 340 g/mol. The van der Waals surface area contributed by atoms with Crippen molar-refractivity contribution in [3.05, 3.63) is 53.1 Å². The minimum absolute atomic E-state index is 0.103. The van der Waals surface area contributed by atoms with E-state index in [4.69, 9.17) is 16.3 Å². The van der Waals surface area contributed by atoms with Gasteiger partial charge in [-0.2, -0.15) is 0 Å². The Bertz CT molecular complexity index is 848. The maximum absolute atomic E-state index is 12.8. The second kappa shape index (κ2) is 6.41. The molecule has 6 heteroatoms. The van der Waals surface area contributed by atoms with Crippen molar-refractivity contribution in [1.82, 2.24) is 0 Å². The number of nitrogens with one attached hydrogen (secondary N) is 1. The maximum atomic E-state index is 12.8. The molecule has 3 rings (SSSR count). The lowest BCUT2D eigenvalue weighted by molar-refractivity contribution is -0.133. The Morgan fingerprint density at radius 3 is 2.72 bits per heavy atom. The van der Waals surface area contributed by atoms with Crippen molar-refractivity contribution in [2.24, 2.45) is 0 Å². The highest BCUT2D eigenvalue weighted by atomic mass is 35.5. The molecular formula is C19H19ClN2O3. The molecule has 1 aliphatic rings. The van der Waals surface area contributed by atoms with E-state index in [-0.39, 0.29) is 18.4 Å². The van der Waals surface area contributed by atoms with Crippen LogP contribution < -0.4 is 15.0 Å². The second-order valence-corrected chi connectivity index (χ2v) is 6.97. The number of carbonyl (C=O) groups excluding carboxylic acids is 2. The number of fused-ring (bicyclic) bond motifs is 1. The minimum atomic E-state index is -1.03. The first kappa shape index (κ1) is 17.3. The lowest BCUT2D eigenvalue weighted by Crippen LogP contribution is -2.54. The van der Waals surface area contributed by atoms with Gasteiger partial charge in [-0.15, -0.1) is 0 Å². The van der Waals surface area contributed by atoms with Crippen LogP contribution in [-0.2, 0) is 9.59 Å². The molecule has 25 heavy (non-hydrogen) atoms. The topological polar surface area (TPSA) is 58.6 Å². The monoisotopic (exact) mass is 358 g/mol. The maximum Gasteiger partial charge on any atom is 0.271 e. The minimum Gasteiger partial charge on any atom is -0.476 e. The standard InChI is InChI=1S/C19H19ClN2O3/c1-12-7-8-16-15(9-12)22(18(24)19(2,3)25-16)11-17(23)21-14-6-4-5-13(20)10-14/h4-10H,11H2,1-3H3,(H,21,23). The Kier molecular flexibility index (Phi) is 4.43.